The zero-order valence-electron chi connectivity index (χ0n) is 11.1. The smallest absolute Gasteiger partial charge is 0.00670 e. The Kier molecular flexibility index (Phi) is 5.54. The van der Waals surface area contributed by atoms with E-state index in [1.165, 1.54) is 24.0 Å². The van der Waals surface area contributed by atoms with Crippen LogP contribution in [0, 0.1) is 5.92 Å². The van der Waals surface area contributed by atoms with E-state index < -0.39 is 0 Å². The zero-order valence-corrected chi connectivity index (χ0v) is 11.1. The lowest BCUT2D eigenvalue weighted by atomic mass is 9.90. The fraction of sp³-hybridized carbons (Fsp3) is 0.600. The van der Waals surface area contributed by atoms with Gasteiger partial charge in [0.2, 0.25) is 0 Å². The standard InChI is InChI=1S/C15H25N/c1-5-13-7-9-14(10-8-13)11-15(6-2)12(3)16-4/h7-10,12,15-16H,5-6,11H2,1-4H3. The van der Waals surface area contributed by atoms with Gasteiger partial charge in [0, 0.05) is 6.04 Å². The third kappa shape index (κ3) is 3.64. The fourth-order valence-electron chi connectivity index (χ4n) is 2.12. The number of benzene rings is 1. The van der Waals surface area contributed by atoms with Gasteiger partial charge in [-0.3, -0.25) is 0 Å². The van der Waals surface area contributed by atoms with Gasteiger partial charge in [0.1, 0.15) is 0 Å². The average Bonchev–Trinajstić information content (AvgIpc) is 2.35. The highest BCUT2D eigenvalue weighted by Crippen LogP contribution is 2.16. The van der Waals surface area contributed by atoms with Crippen molar-refractivity contribution in [2.75, 3.05) is 7.05 Å². The molecule has 1 N–H and O–H groups in total. The SMILES string of the molecule is CCc1ccc(CC(CC)C(C)NC)cc1. The molecule has 0 aliphatic heterocycles. The highest BCUT2D eigenvalue weighted by atomic mass is 14.9. The minimum Gasteiger partial charge on any atom is -0.317 e. The Morgan fingerprint density at radius 1 is 1.06 bits per heavy atom. The van der Waals surface area contributed by atoms with Crippen LogP contribution in [0.4, 0.5) is 0 Å². The molecular weight excluding hydrogens is 194 g/mol. The van der Waals surface area contributed by atoms with Gasteiger partial charge in [0.05, 0.1) is 0 Å². The van der Waals surface area contributed by atoms with Crippen LogP contribution in [0.15, 0.2) is 24.3 Å². The number of aryl methyl sites for hydroxylation is 1. The van der Waals surface area contributed by atoms with E-state index in [9.17, 15) is 0 Å². The Morgan fingerprint density at radius 3 is 2.06 bits per heavy atom. The topological polar surface area (TPSA) is 12.0 Å². The van der Waals surface area contributed by atoms with Gasteiger partial charge in [-0.15, -0.1) is 0 Å². The first kappa shape index (κ1) is 13.2. The minimum atomic E-state index is 0.593. The van der Waals surface area contributed by atoms with Crippen molar-refractivity contribution < 1.29 is 0 Å². The molecule has 0 fully saturated rings. The molecule has 0 amide bonds. The lowest BCUT2D eigenvalue weighted by molar-refractivity contribution is 0.381. The van der Waals surface area contributed by atoms with Gasteiger partial charge in [-0.05, 0) is 43.9 Å². The largest absolute Gasteiger partial charge is 0.317 e. The molecule has 1 rings (SSSR count). The van der Waals surface area contributed by atoms with Crippen LogP contribution in [0.2, 0.25) is 0 Å². The summed E-state index contributed by atoms with van der Waals surface area (Å²) in [6, 6.07) is 9.67. The quantitative estimate of drug-likeness (QED) is 0.773. The van der Waals surface area contributed by atoms with Crippen molar-refractivity contribution in [3.05, 3.63) is 35.4 Å². The molecule has 1 nitrogen and oxygen atoms in total. The normalized spacial score (nSPS) is 14.8. The lowest BCUT2D eigenvalue weighted by Gasteiger charge is -2.22. The summed E-state index contributed by atoms with van der Waals surface area (Å²) < 4.78 is 0. The van der Waals surface area contributed by atoms with E-state index in [0.717, 1.165) is 12.3 Å². The molecule has 0 bridgehead atoms. The Balaban J connectivity index is 2.63. The van der Waals surface area contributed by atoms with Crippen LogP contribution in [0.25, 0.3) is 0 Å². The lowest BCUT2D eigenvalue weighted by Crippen LogP contribution is -2.31. The first-order valence-electron chi connectivity index (χ1n) is 6.46. The first-order chi connectivity index (χ1) is 7.71. The summed E-state index contributed by atoms with van der Waals surface area (Å²) in [4.78, 5) is 0. The summed E-state index contributed by atoms with van der Waals surface area (Å²) in [5.41, 5.74) is 2.89. The highest BCUT2D eigenvalue weighted by molar-refractivity contribution is 5.23. The molecule has 2 atom stereocenters. The van der Waals surface area contributed by atoms with Gasteiger partial charge < -0.3 is 5.32 Å². The van der Waals surface area contributed by atoms with Crippen LogP contribution < -0.4 is 5.32 Å². The summed E-state index contributed by atoms with van der Waals surface area (Å²) in [6.45, 7) is 6.75. The first-order valence-corrected chi connectivity index (χ1v) is 6.46. The second kappa shape index (κ2) is 6.70. The van der Waals surface area contributed by atoms with Crippen LogP contribution in [0.3, 0.4) is 0 Å². The molecule has 0 aliphatic rings. The van der Waals surface area contributed by atoms with Crippen molar-refractivity contribution in [2.24, 2.45) is 5.92 Å². The van der Waals surface area contributed by atoms with Gasteiger partial charge in [0.25, 0.3) is 0 Å². The molecule has 0 heterocycles. The predicted molar refractivity (Wildman–Crippen MR) is 71.8 cm³/mol. The number of hydrogen-bond acceptors (Lipinski definition) is 1. The summed E-state index contributed by atoms with van der Waals surface area (Å²) in [7, 11) is 2.05. The Morgan fingerprint density at radius 2 is 1.62 bits per heavy atom. The molecule has 0 radical (unpaired) electrons. The molecule has 90 valence electrons. The predicted octanol–water partition coefficient (Wildman–Crippen LogP) is 3.43. The van der Waals surface area contributed by atoms with E-state index in [-0.39, 0.29) is 0 Å². The van der Waals surface area contributed by atoms with Crippen molar-refractivity contribution in [3.63, 3.8) is 0 Å². The second-order valence-electron chi connectivity index (χ2n) is 4.62. The number of rotatable bonds is 6. The van der Waals surface area contributed by atoms with Crippen molar-refractivity contribution >= 4 is 0 Å². The van der Waals surface area contributed by atoms with Crippen LogP contribution in [-0.4, -0.2) is 13.1 Å². The molecule has 0 aliphatic carbocycles. The van der Waals surface area contributed by atoms with Crippen LogP contribution in [0.1, 0.15) is 38.3 Å². The van der Waals surface area contributed by atoms with E-state index in [4.69, 9.17) is 0 Å². The van der Waals surface area contributed by atoms with E-state index >= 15 is 0 Å². The maximum absolute atomic E-state index is 3.36. The highest BCUT2D eigenvalue weighted by Gasteiger charge is 2.13. The van der Waals surface area contributed by atoms with Crippen molar-refractivity contribution in [2.45, 2.75) is 46.1 Å². The fourth-order valence-corrected chi connectivity index (χ4v) is 2.12. The van der Waals surface area contributed by atoms with Crippen molar-refractivity contribution in [3.8, 4) is 0 Å². The second-order valence-corrected chi connectivity index (χ2v) is 4.62. The number of hydrogen-bond donors (Lipinski definition) is 1. The maximum atomic E-state index is 3.36. The van der Waals surface area contributed by atoms with Crippen LogP contribution >= 0.6 is 0 Å². The molecule has 0 spiro atoms. The summed E-state index contributed by atoms with van der Waals surface area (Å²) in [5.74, 6) is 0.734. The molecule has 16 heavy (non-hydrogen) atoms. The third-order valence-electron chi connectivity index (χ3n) is 3.62. The zero-order chi connectivity index (χ0) is 12.0. The van der Waals surface area contributed by atoms with Gasteiger partial charge in [-0.25, -0.2) is 0 Å². The average molecular weight is 219 g/mol. The van der Waals surface area contributed by atoms with Crippen molar-refractivity contribution in [1.29, 1.82) is 0 Å². The molecule has 0 aromatic heterocycles. The summed E-state index contributed by atoms with van der Waals surface area (Å²) >= 11 is 0. The molecule has 1 aromatic carbocycles. The van der Waals surface area contributed by atoms with Crippen molar-refractivity contribution in [1.82, 2.24) is 5.32 Å². The van der Waals surface area contributed by atoms with E-state index in [1.54, 1.807) is 0 Å². The molecule has 0 saturated heterocycles. The van der Waals surface area contributed by atoms with E-state index in [2.05, 4.69) is 50.4 Å². The summed E-state index contributed by atoms with van der Waals surface area (Å²) in [6.07, 6.45) is 3.55. The minimum absolute atomic E-state index is 0.593. The van der Waals surface area contributed by atoms with Gasteiger partial charge >= 0.3 is 0 Å². The monoisotopic (exact) mass is 219 g/mol. The van der Waals surface area contributed by atoms with Crippen LogP contribution in [0.5, 0.6) is 0 Å². The Labute approximate surface area is 100 Å². The van der Waals surface area contributed by atoms with Gasteiger partial charge in [-0.1, -0.05) is 44.5 Å². The van der Waals surface area contributed by atoms with Gasteiger partial charge in [-0.2, -0.15) is 0 Å². The van der Waals surface area contributed by atoms with E-state index in [0.29, 0.717) is 6.04 Å². The molecule has 2 unspecified atom stereocenters. The number of nitrogens with one attached hydrogen (secondary N) is 1. The molecule has 1 heteroatoms. The van der Waals surface area contributed by atoms with E-state index in [1.807, 2.05) is 7.05 Å². The van der Waals surface area contributed by atoms with Gasteiger partial charge in [0.15, 0.2) is 0 Å². The third-order valence-corrected chi connectivity index (χ3v) is 3.62. The Hall–Kier alpha value is -0.820. The summed E-state index contributed by atoms with van der Waals surface area (Å²) in [5, 5.41) is 3.36. The Bertz CT molecular complexity index is 289. The molecular formula is C15H25N. The van der Waals surface area contributed by atoms with Crippen LogP contribution in [-0.2, 0) is 12.8 Å². The molecule has 1 aromatic rings. The maximum Gasteiger partial charge on any atom is 0.00670 e. The molecule has 0 saturated carbocycles.